The molecule has 25 heavy (non-hydrogen) atoms. The van der Waals surface area contributed by atoms with Crippen LogP contribution in [0.4, 0.5) is 11.4 Å². The average Bonchev–Trinajstić information content (AvgIpc) is 3.22. The van der Waals surface area contributed by atoms with Crippen LogP contribution < -0.4 is 15.9 Å². The molecule has 0 spiro atoms. The Kier molecular flexibility index (Phi) is 3.80. The summed E-state index contributed by atoms with van der Waals surface area (Å²) in [5.41, 5.74) is 4.52. The van der Waals surface area contributed by atoms with Crippen molar-refractivity contribution in [2.24, 2.45) is 0 Å². The summed E-state index contributed by atoms with van der Waals surface area (Å²) in [4.78, 5) is 32.1. The van der Waals surface area contributed by atoms with E-state index in [1.807, 2.05) is 37.3 Å². The first-order valence-electron chi connectivity index (χ1n) is 8.49. The van der Waals surface area contributed by atoms with Gasteiger partial charge in [0.15, 0.2) is 0 Å². The number of imidazole rings is 1. The van der Waals surface area contributed by atoms with Gasteiger partial charge >= 0.3 is 5.69 Å². The summed E-state index contributed by atoms with van der Waals surface area (Å²) in [6.45, 7) is 3.87. The first kappa shape index (κ1) is 15.5. The van der Waals surface area contributed by atoms with Crippen molar-refractivity contribution in [3.05, 3.63) is 58.0 Å². The average molecular weight is 336 g/mol. The molecule has 3 N–H and O–H groups in total. The number of rotatable bonds is 3. The van der Waals surface area contributed by atoms with Gasteiger partial charge < -0.3 is 20.2 Å². The molecule has 6 nitrogen and oxygen atoms in total. The number of hydrogen-bond acceptors (Lipinski definition) is 3. The van der Waals surface area contributed by atoms with E-state index < -0.39 is 0 Å². The zero-order valence-electron chi connectivity index (χ0n) is 14.1. The van der Waals surface area contributed by atoms with Crippen molar-refractivity contribution in [2.45, 2.75) is 19.8 Å². The molecule has 0 unspecified atom stereocenters. The normalized spacial score (nSPS) is 14.2. The summed E-state index contributed by atoms with van der Waals surface area (Å²) in [5.74, 6) is -0.152. The molecule has 0 saturated carbocycles. The number of carbonyl (C=O) groups excluding carboxylic acids is 1. The van der Waals surface area contributed by atoms with Crippen LogP contribution in [0.3, 0.4) is 0 Å². The maximum atomic E-state index is 12.7. The first-order chi connectivity index (χ1) is 12.1. The van der Waals surface area contributed by atoms with E-state index >= 15 is 0 Å². The third-order valence-corrected chi connectivity index (χ3v) is 4.61. The number of benzene rings is 2. The monoisotopic (exact) mass is 336 g/mol. The van der Waals surface area contributed by atoms with Gasteiger partial charge in [-0.15, -0.1) is 0 Å². The molecular weight excluding hydrogens is 316 g/mol. The summed E-state index contributed by atoms with van der Waals surface area (Å²) < 4.78 is 0. The predicted molar refractivity (Wildman–Crippen MR) is 99.5 cm³/mol. The molecule has 0 aliphatic carbocycles. The molecule has 1 saturated heterocycles. The van der Waals surface area contributed by atoms with Gasteiger partial charge in [0.05, 0.1) is 22.4 Å². The lowest BCUT2D eigenvalue weighted by Crippen LogP contribution is -2.21. The highest BCUT2D eigenvalue weighted by molar-refractivity contribution is 6.07. The lowest BCUT2D eigenvalue weighted by atomic mass is 10.1. The van der Waals surface area contributed by atoms with Crippen LogP contribution in [0.15, 0.2) is 41.2 Å². The number of carbonyl (C=O) groups is 1. The van der Waals surface area contributed by atoms with Gasteiger partial charge in [0.2, 0.25) is 0 Å². The van der Waals surface area contributed by atoms with Crippen molar-refractivity contribution in [2.75, 3.05) is 23.3 Å². The van der Waals surface area contributed by atoms with Crippen LogP contribution in [-0.2, 0) is 0 Å². The molecular formula is C19H20N4O2. The van der Waals surface area contributed by atoms with Gasteiger partial charge in [-0.05, 0) is 44.0 Å². The van der Waals surface area contributed by atoms with Crippen LogP contribution in [0, 0.1) is 6.92 Å². The number of H-pyrrole nitrogens is 2. The molecule has 1 aromatic heterocycles. The maximum absolute atomic E-state index is 12.7. The van der Waals surface area contributed by atoms with E-state index in [-0.39, 0.29) is 11.6 Å². The van der Waals surface area contributed by atoms with Crippen LogP contribution in [0.2, 0.25) is 0 Å². The molecule has 1 amide bonds. The second-order valence-corrected chi connectivity index (χ2v) is 6.51. The Hall–Kier alpha value is -3.02. The summed E-state index contributed by atoms with van der Waals surface area (Å²) >= 11 is 0. The molecule has 6 heteroatoms. The van der Waals surface area contributed by atoms with Gasteiger partial charge in [0.25, 0.3) is 5.91 Å². The summed E-state index contributed by atoms with van der Waals surface area (Å²) in [6.07, 6.45) is 2.26. The van der Waals surface area contributed by atoms with Gasteiger partial charge in [-0.1, -0.05) is 17.7 Å². The minimum atomic E-state index is -0.246. The molecule has 2 heterocycles. The Balaban J connectivity index is 1.74. The molecule has 1 fully saturated rings. The molecule has 3 aromatic rings. The number of fused-ring (bicyclic) bond motifs is 1. The smallest absolute Gasteiger partial charge is 0.323 e. The van der Waals surface area contributed by atoms with Crippen molar-refractivity contribution < 1.29 is 4.79 Å². The highest BCUT2D eigenvalue weighted by Crippen LogP contribution is 2.32. The van der Waals surface area contributed by atoms with Gasteiger partial charge in [-0.3, -0.25) is 4.79 Å². The van der Waals surface area contributed by atoms with Crippen LogP contribution >= 0.6 is 0 Å². The van der Waals surface area contributed by atoms with Crippen LogP contribution in [0.5, 0.6) is 0 Å². The van der Waals surface area contributed by atoms with E-state index in [9.17, 15) is 9.59 Å². The first-order valence-corrected chi connectivity index (χ1v) is 8.49. The predicted octanol–water partition coefficient (Wildman–Crippen LogP) is 3.02. The largest absolute Gasteiger partial charge is 0.370 e. The lowest BCUT2D eigenvalue weighted by Gasteiger charge is -2.22. The van der Waals surface area contributed by atoms with E-state index in [1.54, 1.807) is 6.07 Å². The fourth-order valence-electron chi connectivity index (χ4n) is 3.37. The second kappa shape index (κ2) is 6.12. The molecule has 0 bridgehead atoms. The fourth-order valence-corrected chi connectivity index (χ4v) is 3.37. The summed E-state index contributed by atoms with van der Waals surface area (Å²) in [5, 5.41) is 3.02. The maximum Gasteiger partial charge on any atom is 0.323 e. The second-order valence-electron chi connectivity index (χ2n) is 6.51. The minimum absolute atomic E-state index is 0.152. The van der Waals surface area contributed by atoms with Gasteiger partial charge in [0.1, 0.15) is 0 Å². The Morgan fingerprint density at radius 2 is 1.80 bits per heavy atom. The Morgan fingerprint density at radius 3 is 2.52 bits per heavy atom. The zero-order valence-corrected chi connectivity index (χ0v) is 14.1. The summed E-state index contributed by atoms with van der Waals surface area (Å²) in [7, 11) is 0. The van der Waals surface area contributed by atoms with E-state index in [2.05, 4.69) is 20.2 Å². The number of anilines is 2. The molecule has 128 valence electrons. The number of hydrogen-bond donors (Lipinski definition) is 3. The zero-order chi connectivity index (χ0) is 17.4. The third-order valence-electron chi connectivity index (χ3n) is 4.61. The molecule has 1 aliphatic rings. The molecule has 4 rings (SSSR count). The number of aromatic amines is 2. The topological polar surface area (TPSA) is 81.0 Å². The Morgan fingerprint density at radius 1 is 1.08 bits per heavy atom. The standard InChI is InChI=1S/C19H20N4O2/c1-12-5-4-6-13(9-12)18(24)20-16-10-14-15(22-19(25)21-14)11-17(16)23-7-2-3-8-23/h4-6,9-11H,2-3,7-8H2,1H3,(H,20,24)(H2,21,22,25). The van der Waals surface area contributed by atoms with E-state index in [0.717, 1.165) is 48.4 Å². The van der Waals surface area contributed by atoms with Crippen LogP contribution in [-0.4, -0.2) is 29.0 Å². The van der Waals surface area contributed by atoms with Gasteiger partial charge in [-0.25, -0.2) is 4.79 Å². The highest BCUT2D eigenvalue weighted by atomic mass is 16.2. The van der Waals surface area contributed by atoms with Gasteiger partial charge in [0, 0.05) is 18.7 Å². The van der Waals surface area contributed by atoms with Crippen LogP contribution in [0.25, 0.3) is 11.0 Å². The molecule has 0 radical (unpaired) electrons. The van der Waals surface area contributed by atoms with E-state index in [1.165, 1.54) is 0 Å². The van der Waals surface area contributed by atoms with Crippen molar-refractivity contribution >= 4 is 28.3 Å². The lowest BCUT2D eigenvalue weighted by molar-refractivity contribution is 0.102. The van der Waals surface area contributed by atoms with Crippen molar-refractivity contribution in [3.8, 4) is 0 Å². The van der Waals surface area contributed by atoms with Gasteiger partial charge in [-0.2, -0.15) is 0 Å². The van der Waals surface area contributed by atoms with Crippen molar-refractivity contribution in [1.29, 1.82) is 0 Å². The number of amides is 1. The third kappa shape index (κ3) is 3.03. The Labute approximate surface area is 144 Å². The Bertz CT molecular complexity index is 996. The van der Waals surface area contributed by atoms with Crippen molar-refractivity contribution in [1.82, 2.24) is 9.97 Å². The molecule has 2 aromatic carbocycles. The number of aromatic nitrogens is 2. The summed E-state index contributed by atoms with van der Waals surface area (Å²) in [6, 6.07) is 11.3. The van der Waals surface area contributed by atoms with E-state index in [0.29, 0.717) is 11.1 Å². The van der Waals surface area contributed by atoms with E-state index in [4.69, 9.17) is 0 Å². The minimum Gasteiger partial charge on any atom is -0.370 e. The fraction of sp³-hybridized carbons (Fsp3) is 0.263. The molecule has 0 atom stereocenters. The SMILES string of the molecule is Cc1cccc(C(=O)Nc2cc3[nH]c(=O)[nH]c3cc2N2CCCC2)c1. The number of nitrogens with one attached hydrogen (secondary N) is 3. The van der Waals surface area contributed by atoms with Crippen molar-refractivity contribution in [3.63, 3.8) is 0 Å². The number of aryl methyl sites for hydroxylation is 1. The number of nitrogens with zero attached hydrogens (tertiary/aromatic N) is 1. The molecule has 1 aliphatic heterocycles. The van der Waals surface area contributed by atoms with Crippen LogP contribution in [0.1, 0.15) is 28.8 Å². The highest BCUT2D eigenvalue weighted by Gasteiger charge is 2.19. The quantitative estimate of drug-likeness (QED) is 0.688.